The summed E-state index contributed by atoms with van der Waals surface area (Å²) in [7, 11) is 0. The molecule has 18 heavy (non-hydrogen) atoms. The first-order chi connectivity index (χ1) is 8.56. The summed E-state index contributed by atoms with van der Waals surface area (Å²) in [5.74, 6) is -0.858. The average Bonchev–Trinajstić information content (AvgIpc) is 2.77. The third-order valence-electron chi connectivity index (χ3n) is 2.19. The van der Waals surface area contributed by atoms with Crippen LogP contribution in [-0.4, -0.2) is 21.0 Å². The summed E-state index contributed by atoms with van der Waals surface area (Å²) in [4.78, 5) is 24.5. The van der Waals surface area contributed by atoms with Crippen molar-refractivity contribution < 1.29 is 19.2 Å². The maximum absolute atomic E-state index is 10.6. The van der Waals surface area contributed by atoms with E-state index in [0.29, 0.717) is 5.56 Å². The molecular formula is C11H8N2O5. The highest BCUT2D eigenvalue weighted by Gasteiger charge is 2.12. The van der Waals surface area contributed by atoms with Gasteiger partial charge in [0.2, 0.25) is 5.89 Å². The first-order valence-corrected chi connectivity index (χ1v) is 4.97. The van der Waals surface area contributed by atoms with E-state index in [9.17, 15) is 14.9 Å². The van der Waals surface area contributed by atoms with Crippen LogP contribution in [0.3, 0.4) is 0 Å². The second-order valence-corrected chi connectivity index (χ2v) is 3.52. The quantitative estimate of drug-likeness (QED) is 0.653. The predicted octanol–water partition coefficient (Wildman–Crippen LogP) is 1.88. The van der Waals surface area contributed by atoms with Crippen LogP contribution < -0.4 is 0 Å². The Hall–Kier alpha value is -2.70. The fourth-order valence-electron chi connectivity index (χ4n) is 1.43. The van der Waals surface area contributed by atoms with E-state index in [4.69, 9.17) is 9.52 Å². The Morgan fingerprint density at radius 1 is 1.50 bits per heavy atom. The molecule has 0 saturated carbocycles. The van der Waals surface area contributed by atoms with E-state index in [1.165, 1.54) is 24.5 Å². The Balaban J connectivity index is 2.31. The second kappa shape index (κ2) is 4.66. The molecule has 7 heteroatoms. The van der Waals surface area contributed by atoms with Gasteiger partial charge in [-0.15, -0.1) is 0 Å². The number of carboxylic acid groups (broad SMARTS) is 1. The Kier molecular flexibility index (Phi) is 3.05. The van der Waals surface area contributed by atoms with Crippen LogP contribution in [0.1, 0.15) is 5.69 Å². The number of benzene rings is 1. The molecule has 0 fully saturated rings. The minimum atomic E-state index is -1.02. The molecule has 1 aromatic heterocycles. The molecule has 0 amide bonds. The summed E-state index contributed by atoms with van der Waals surface area (Å²) in [5, 5.41) is 19.2. The van der Waals surface area contributed by atoms with Crippen molar-refractivity contribution in [2.45, 2.75) is 6.42 Å². The number of oxazole rings is 1. The fraction of sp³-hybridized carbons (Fsp3) is 0.0909. The molecule has 2 rings (SSSR count). The van der Waals surface area contributed by atoms with Crippen LogP contribution in [0.25, 0.3) is 11.5 Å². The van der Waals surface area contributed by atoms with E-state index in [1.54, 1.807) is 6.07 Å². The number of nitro groups is 1. The van der Waals surface area contributed by atoms with E-state index < -0.39 is 10.9 Å². The highest BCUT2D eigenvalue weighted by atomic mass is 16.6. The first kappa shape index (κ1) is 11.8. The summed E-state index contributed by atoms with van der Waals surface area (Å²) < 4.78 is 5.09. The lowest BCUT2D eigenvalue weighted by atomic mass is 10.2. The number of hydrogen-bond donors (Lipinski definition) is 1. The second-order valence-electron chi connectivity index (χ2n) is 3.52. The molecule has 0 saturated heterocycles. The molecule has 0 spiro atoms. The van der Waals surface area contributed by atoms with Crippen LogP contribution >= 0.6 is 0 Å². The number of nitrogens with zero attached hydrogens (tertiary/aromatic N) is 2. The van der Waals surface area contributed by atoms with E-state index in [1.807, 2.05) is 0 Å². The zero-order valence-electron chi connectivity index (χ0n) is 9.07. The van der Waals surface area contributed by atoms with Crippen molar-refractivity contribution in [2.24, 2.45) is 0 Å². The van der Waals surface area contributed by atoms with Crippen molar-refractivity contribution in [1.82, 2.24) is 4.98 Å². The van der Waals surface area contributed by atoms with Gasteiger partial charge in [0.05, 0.1) is 17.0 Å². The van der Waals surface area contributed by atoms with Gasteiger partial charge < -0.3 is 9.52 Å². The summed E-state index contributed by atoms with van der Waals surface area (Å²) >= 11 is 0. The lowest BCUT2D eigenvalue weighted by Crippen LogP contribution is -1.99. The van der Waals surface area contributed by atoms with Crippen LogP contribution in [0.2, 0.25) is 0 Å². The Morgan fingerprint density at radius 2 is 2.28 bits per heavy atom. The van der Waals surface area contributed by atoms with Crippen molar-refractivity contribution in [3.63, 3.8) is 0 Å². The standard InChI is InChI=1S/C11H8N2O5/c14-10(15)5-8-6-18-11(12-8)7-2-1-3-9(4-7)13(16)17/h1-4,6H,5H2,(H,14,15). The van der Waals surface area contributed by atoms with Gasteiger partial charge in [-0.25, -0.2) is 4.98 Å². The van der Waals surface area contributed by atoms with Crippen molar-refractivity contribution in [3.05, 3.63) is 46.3 Å². The van der Waals surface area contributed by atoms with E-state index in [2.05, 4.69) is 4.98 Å². The third kappa shape index (κ3) is 2.51. The number of rotatable bonds is 4. The van der Waals surface area contributed by atoms with Gasteiger partial charge in [-0.3, -0.25) is 14.9 Å². The van der Waals surface area contributed by atoms with Crippen LogP contribution in [-0.2, 0) is 11.2 Å². The molecule has 92 valence electrons. The Morgan fingerprint density at radius 3 is 2.94 bits per heavy atom. The number of aliphatic carboxylic acids is 1. The SMILES string of the molecule is O=C(O)Cc1coc(-c2cccc([N+](=O)[O-])c2)n1. The number of carbonyl (C=O) groups is 1. The summed E-state index contributed by atoms with van der Waals surface area (Å²) in [6.07, 6.45) is 0.973. The number of non-ortho nitro benzene ring substituents is 1. The molecule has 0 aliphatic heterocycles. The highest BCUT2D eigenvalue weighted by molar-refractivity contribution is 5.69. The van der Waals surface area contributed by atoms with Gasteiger partial charge in [-0.1, -0.05) is 6.07 Å². The maximum Gasteiger partial charge on any atom is 0.309 e. The highest BCUT2D eigenvalue weighted by Crippen LogP contribution is 2.23. The van der Waals surface area contributed by atoms with Crippen LogP contribution in [0.4, 0.5) is 5.69 Å². The van der Waals surface area contributed by atoms with E-state index in [-0.39, 0.29) is 23.7 Å². The normalized spacial score (nSPS) is 10.2. The molecule has 2 aromatic rings. The molecule has 0 bridgehead atoms. The molecule has 1 heterocycles. The number of hydrogen-bond acceptors (Lipinski definition) is 5. The molecule has 0 radical (unpaired) electrons. The lowest BCUT2D eigenvalue weighted by Gasteiger charge is -1.95. The minimum Gasteiger partial charge on any atom is -0.481 e. The van der Waals surface area contributed by atoms with Crippen molar-refractivity contribution in [1.29, 1.82) is 0 Å². The lowest BCUT2D eigenvalue weighted by molar-refractivity contribution is -0.384. The third-order valence-corrected chi connectivity index (χ3v) is 2.19. The first-order valence-electron chi connectivity index (χ1n) is 4.97. The molecule has 0 aliphatic carbocycles. The fourth-order valence-corrected chi connectivity index (χ4v) is 1.43. The van der Waals surface area contributed by atoms with Gasteiger partial charge in [0, 0.05) is 17.7 Å². The minimum absolute atomic E-state index is 0.0783. The molecule has 0 atom stereocenters. The molecule has 1 N–H and O–H groups in total. The molecule has 7 nitrogen and oxygen atoms in total. The average molecular weight is 248 g/mol. The monoisotopic (exact) mass is 248 g/mol. The maximum atomic E-state index is 10.6. The topological polar surface area (TPSA) is 106 Å². The van der Waals surface area contributed by atoms with Crippen molar-refractivity contribution in [3.8, 4) is 11.5 Å². The van der Waals surface area contributed by atoms with Gasteiger partial charge >= 0.3 is 5.97 Å². The Bertz CT molecular complexity index is 605. The summed E-state index contributed by atoms with van der Waals surface area (Å²) in [6.45, 7) is 0. The van der Waals surface area contributed by atoms with Gasteiger partial charge in [0.1, 0.15) is 6.26 Å². The predicted molar refractivity (Wildman–Crippen MR) is 59.9 cm³/mol. The summed E-state index contributed by atoms with van der Waals surface area (Å²) in [5.41, 5.74) is 0.621. The largest absolute Gasteiger partial charge is 0.481 e. The molecule has 0 unspecified atom stereocenters. The van der Waals surface area contributed by atoms with Gasteiger partial charge in [-0.2, -0.15) is 0 Å². The van der Waals surface area contributed by atoms with E-state index in [0.717, 1.165) is 0 Å². The smallest absolute Gasteiger partial charge is 0.309 e. The summed E-state index contributed by atoms with van der Waals surface area (Å²) in [6, 6.07) is 5.78. The number of nitro benzene ring substituents is 1. The zero-order valence-corrected chi connectivity index (χ0v) is 9.07. The molecular weight excluding hydrogens is 240 g/mol. The Labute approximate surface area is 101 Å². The van der Waals surface area contributed by atoms with Crippen LogP contribution in [0, 0.1) is 10.1 Å². The molecule has 0 aliphatic rings. The van der Waals surface area contributed by atoms with Gasteiger partial charge in [0.15, 0.2) is 0 Å². The molecule has 1 aromatic carbocycles. The van der Waals surface area contributed by atoms with Gasteiger partial charge in [-0.05, 0) is 6.07 Å². The zero-order chi connectivity index (χ0) is 13.1. The van der Waals surface area contributed by atoms with Crippen molar-refractivity contribution in [2.75, 3.05) is 0 Å². The van der Waals surface area contributed by atoms with E-state index >= 15 is 0 Å². The number of carboxylic acids is 1. The number of aromatic nitrogens is 1. The van der Waals surface area contributed by atoms with Crippen molar-refractivity contribution >= 4 is 11.7 Å². The van der Waals surface area contributed by atoms with Crippen LogP contribution in [0.15, 0.2) is 34.9 Å². The van der Waals surface area contributed by atoms with Gasteiger partial charge in [0.25, 0.3) is 5.69 Å². The van der Waals surface area contributed by atoms with Crippen LogP contribution in [0.5, 0.6) is 0 Å².